The summed E-state index contributed by atoms with van der Waals surface area (Å²) in [5, 5.41) is 5.33. The molecule has 0 aliphatic heterocycles. The molecule has 0 saturated carbocycles. The molecule has 11 nitrogen and oxygen atoms in total. The SMILES string of the molecule is CCOCc1nc2c(N)nc3ccccc3c2n1C[C@@H](C)O[P@@](=O)(N[C@@H](C)C(=O)OC(C)(C)C)Oc1cccc2ccccc12. The normalized spacial score (nSPS) is 14.8. The maximum absolute atomic E-state index is 14.6. The number of anilines is 1. The number of nitrogens with one attached hydrogen (secondary N) is 1. The first-order valence-electron chi connectivity index (χ1n) is 14.9. The van der Waals surface area contributed by atoms with Crippen LogP contribution in [-0.2, 0) is 36.5 Å². The first kappa shape index (κ1) is 32.4. The smallest absolute Gasteiger partial charge is 0.459 e. The minimum absolute atomic E-state index is 0.220. The number of nitrogens with zero attached hydrogens (tertiary/aromatic N) is 3. The highest BCUT2D eigenvalue weighted by molar-refractivity contribution is 7.52. The number of rotatable bonds is 12. The Morgan fingerprint density at radius 2 is 1.69 bits per heavy atom. The highest BCUT2D eigenvalue weighted by atomic mass is 31.2. The van der Waals surface area contributed by atoms with Gasteiger partial charge >= 0.3 is 13.7 Å². The zero-order valence-corrected chi connectivity index (χ0v) is 27.3. The van der Waals surface area contributed by atoms with E-state index in [0.29, 0.717) is 29.5 Å². The van der Waals surface area contributed by atoms with Crippen LogP contribution in [0.1, 0.15) is 47.4 Å². The molecule has 3 aromatic carbocycles. The maximum atomic E-state index is 14.6. The molecule has 5 rings (SSSR count). The molecular weight excluding hydrogens is 593 g/mol. The second kappa shape index (κ2) is 13.1. The largest absolute Gasteiger partial charge is 0.459 e. The lowest BCUT2D eigenvalue weighted by atomic mass is 10.1. The zero-order chi connectivity index (χ0) is 32.4. The summed E-state index contributed by atoms with van der Waals surface area (Å²) >= 11 is 0. The van der Waals surface area contributed by atoms with Gasteiger partial charge in [-0.25, -0.2) is 14.5 Å². The van der Waals surface area contributed by atoms with Gasteiger partial charge in [-0.3, -0.25) is 9.32 Å². The lowest BCUT2D eigenvalue weighted by Gasteiger charge is -2.28. The third-order valence-corrected chi connectivity index (χ3v) is 8.74. The van der Waals surface area contributed by atoms with Crippen LogP contribution >= 0.6 is 7.75 Å². The molecule has 5 aromatic rings. The average molecular weight is 634 g/mol. The predicted octanol–water partition coefficient (Wildman–Crippen LogP) is 6.77. The molecule has 238 valence electrons. The number of imidazole rings is 1. The number of aromatic nitrogens is 3. The Bertz CT molecular complexity index is 1880. The van der Waals surface area contributed by atoms with Crippen LogP contribution in [0.3, 0.4) is 0 Å². The van der Waals surface area contributed by atoms with Crippen molar-refractivity contribution in [1.82, 2.24) is 19.6 Å². The number of hydrogen-bond donors (Lipinski definition) is 2. The number of carbonyl (C=O) groups is 1. The lowest BCUT2D eigenvalue weighted by molar-refractivity contribution is -0.156. The van der Waals surface area contributed by atoms with Gasteiger partial charge in [-0.1, -0.05) is 54.6 Å². The van der Waals surface area contributed by atoms with Crippen LogP contribution in [-0.4, -0.2) is 44.9 Å². The predicted molar refractivity (Wildman–Crippen MR) is 176 cm³/mol. The highest BCUT2D eigenvalue weighted by Crippen LogP contribution is 2.48. The number of esters is 1. The molecule has 0 unspecified atom stereocenters. The van der Waals surface area contributed by atoms with E-state index in [9.17, 15) is 9.36 Å². The van der Waals surface area contributed by atoms with Gasteiger partial charge in [-0.15, -0.1) is 0 Å². The van der Waals surface area contributed by atoms with E-state index in [-0.39, 0.29) is 13.2 Å². The number of pyridine rings is 1. The van der Waals surface area contributed by atoms with Gasteiger partial charge in [0.15, 0.2) is 5.82 Å². The molecule has 0 aliphatic carbocycles. The van der Waals surface area contributed by atoms with Crippen LogP contribution in [0.4, 0.5) is 5.82 Å². The summed E-state index contributed by atoms with van der Waals surface area (Å²) in [6.07, 6.45) is -0.699. The number of hydrogen-bond acceptors (Lipinski definition) is 9. The number of fused-ring (bicyclic) bond motifs is 4. The first-order chi connectivity index (χ1) is 21.4. The molecule has 0 spiro atoms. The summed E-state index contributed by atoms with van der Waals surface area (Å²) in [6, 6.07) is 19.7. The molecule has 0 saturated heterocycles. The average Bonchev–Trinajstić information content (AvgIpc) is 3.33. The molecule has 0 aliphatic rings. The quantitative estimate of drug-likeness (QED) is 0.112. The number of nitrogen functional groups attached to an aromatic ring is 1. The number of ether oxygens (including phenoxy) is 2. The topological polar surface area (TPSA) is 140 Å². The Kier molecular flexibility index (Phi) is 9.46. The van der Waals surface area contributed by atoms with E-state index >= 15 is 0 Å². The summed E-state index contributed by atoms with van der Waals surface area (Å²) in [4.78, 5) is 22.2. The monoisotopic (exact) mass is 633 g/mol. The second-order valence-corrected chi connectivity index (χ2v) is 13.5. The Morgan fingerprint density at radius 3 is 2.42 bits per heavy atom. The van der Waals surface area contributed by atoms with Crippen molar-refractivity contribution in [3.05, 3.63) is 72.6 Å². The van der Waals surface area contributed by atoms with E-state index in [1.165, 1.54) is 0 Å². The minimum Gasteiger partial charge on any atom is -0.459 e. The second-order valence-electron chi connectivity index (χ2n) is 11.9. The van der Waals surface area contributed by atoms with Crippen molar-refractivity contribution >= 4 is 52.2 Å². The van der Waals surface area contributed by atoms with E-state index in [0.717, 1.165) is 27.2 Å². The van der Waals surface area contributed by atoms with E-state index in [2.05, 4.69) is 10.1 Å². The summed E-state index contributed by atoms with van der Waals surface area (Å²) in [5.41, 5.74) is 7.64. The van der Waals surface area contributed by atoms with Crippen molar-refractivity contribution in [1.29, 1.82) is 0 Å². The van der Waals surface area contributed by atoms with Gasteiger partial charge in [0.1, 0.15) is 35.3 Å². The third kappa shape index (κ3) is 7.45. The van der Waals surface area contributed by atoms with E-state index < -0.39 is 31.5 Å². The van der Waals surface area contributed by atoms with Crippen molar-refractivity contribution in [3.63, 3.8) is 0 Å². The zero-order valence-electron chi connectivity index (χ0n) is 26.4. The molecule has 2 heterocycles. The molecule has 2 aromatic heterocycles. The summed E-state index contributed by atoms with van der Waals surface area (Å²) in [7, 11) is -4.20. The Balaban J connectivity index is 1.52. The van der Waals surface area contributed by atoms with Gasteiger partial charge < -0.3 is 24.3 Å². The number of benzene rings is 3. The Labute approximate surface area is 262 Å². The fourth-order valence-corrected chi connectivity index (χ4v) is 6.79. The Morgan fingerprint density at radius 1 is 1.00 bits per heavy atom. The maximum Gasteiger partial charge on any atom is 0.459 e. The number of carbonyl (C=O) groups excluding carboxylic acids is 1. The van der Waals surface area contributed by atoms with Gasteiger partial charge in [0, 0.05) is 17.4 Å². The van der Waals surface area contributed by atoms with Crippen molar-refractivity contribution < 1.29 is 27.9 Å². The molecule has 3 N–H and O–H groups in total. The van der Waals surface area contributed by atoms with Gasteiger partial charge in [0.25, 0.3) is 0 Å². The molecule has 45 heavy (non-hydrogen) atoms. The van der Waals surface area contributed by atoms with Gasteiger partial charge in [0.2, 0.25) is 0 Å². The van der Waals surface area contributed by atoms with Crippen molar-refractivity contribution in [2.75, 3.05) is 12.3 Å². The van der Waals surface area contributed by atoms with Gasteiger partial charge in [-0.05, 0) is 59.1 Å². The molecule has 12 heteroatoms. The summed E-state index contributed by atoms with van der Waals surface area (Å²) in [5.74, 6) is 0.677. The molecule has 3 atom stereocenters. The van der Waals surface area contributed by atoms with Crippen LogP contribution in [0.2, 0.25) is 0 Å². The molecule has 0 radical (unpaired) electrons. The molecule has 0 amide bonds. The Hall–Kier alpha value is -4.02. The van der Waals surface area contributed by atoms with Gasteiger partial charge in [-0.2, -0.15) is 5.09 Å². The standard InChI is InChI=1S/C33H40N5O6P/c1-7-41-20-28-36-29-30(25-16-10-11-17-26(25)35-31(29)34)38(28)19-21(2)43-45(40,37-22(3)32(39)42-33(4,5)6)44-27-18-12-14-23-13-8-9-15-24(23)27/h8-18,21-22H,7,19-20H2,1-6H3,(H2,34,35)(H,37,40)/t21-,22+,45+/m1/s1. The van der Waals surface area contributed by atoms with Crippen LogP contribution in [0.15, 0.2) is 66.7 Å². The fraction of sp³-hybridized carbons (Fsp3) is 0.364. The fourth-order valence-electron chi connectivity index (χ4n) is 5.10. The van der Waals surface area contributed by atoms with Crippen LogP contribution in [0, 0.1) is 0 Å². The first-order valence-corrected chi connectivity index (χ1v) is 16.5. The number of nitrogens with two attached hydrogens (primary N) is 1. The molecule has 0 fully saturated rings. The van der Waals surface area contributed by atoms with E-state index in [4.69, 9.17) is 29.2 Å². The molecular formula is C33H40N5O6P. The third-order valence-electron chi connectivity index (χ3n) is 6.96. The van der Waals surface area contributed by atoms with Crippen LogP contribution in [0.5, 0.6) is 5.75 Å². The summed E-state index contributed by atoms with van der Waals surface area (Å²) in [6.45, 7) is 11.5. The van der Waals surface area contributed by atoms with Crippen molar-refractivity contribution in [2.24, 2.45) is 0 Å². The summed E-state index contributed by atoms with van der Waals surface area (Å²) < 4.78 is 40.2. The highest BCUT2D eigenvalue weighted by Gasteiger charge is 2.36. The van der Waals surface area contributed by atoms with Crippen molar-refractivity contribution in [2.45, 2.75) is 72.4 Å². The van der Waals surface area contributed by atoms with E-state index in [1.54, 1.807) is 40.7 Å². The van der Waals surface area contributed by atoms with Gasteiger partial charge in [0.05, 0.1) is 23.7 Å². The van der Waals surface area contributed by atoms with Crippen LogP contribution < -0.4 is 15.3 Å². The lowest BCUT2D eigenvalue weighted by Crippen LogP contribution is -2.39. The molecule has 0 bridgehead atoms. The van der Waals surface area contributed by atoms with Crippen LogP contribution in [0.25, 0.3) is 32.7 Å². The van der Waals surface area contributed by atoms with E-state index in [1.807, 2.05) is 72.2 Å². The number of para-hydroxylation sites is 1. The van der Waals surface area contributed by atoms with Crippen molar-refractivity contribution in [3.8, 4) is 5.75 Å². The minimum atomic E-state index is -4.20.